The summed E-state index contributed by atoms with van der Waals surface area (Å²) in [5, 5.41) is 15.6. The molecule has 2 aromatic heterocycles. The van der Waals surface area contributed by atoms with Gasteiger partial charge in [-0.25, -0.2) is 0 Å². The van der Waals surface area contributed by atoms with Gasteiger partial charge in [-0.05, 0) is 0 Å². The molecule has 0 aromatic carbocycles. The molecule has 2 heterocycles. The molecule has 0 aliphatic rings. The number of pyridine rings is 1. The molecule has 0 aliphatic heterocycles. The summed E-state index contributed by atoms with van der Waals surface area (Å²) in [6.45, 7) is 0. The van der Waals surface area contributed by atoms with Crippen molar-refractivity contribution in [3.05, 3.63) is 22.1 Å². The smallest absolute Gasteiger partial charge is 0.265 e. The maximum Gasteiger partial charge on any atom is 0.265 e. The first kappa shape index (κ1) is 8.30. The highest BCUT2D eigenvalue weighted by Crippen LogP contribution is 2.21. The number of rotatable bonds is 1. The molecule has 7 nitrogen and oxygen atoms in total. The highest BCUT2D eigenvalue weighted by molar-refractivity contribution is 5.99. The topological polar surface area (TPSA) is 125 Å². The van der Waals surface area contributed by atoms with Crippen LogP contribution in [0.4, 0.5) is 0 Å². The molecule has 14 heavy (non-hydrogen) atoms. The fourth-order valence-electron chi connectivity index (χ4n) is 1.21. The summed E-state index contributed by atoms with van der Waals surface area (Å²) < 4.78 is 0. The number of carbonyl (C=O) groups excluding carboxylic acids is 1. The third-order valence-electron chi connectivity index (χ3n) is 1.82. The second-order valence-electron chi connectivity index (χ2n) is 2.69. The monoisotopic (exact) mass is 194 g/mol. The fraction of sp³-hybridized carbons (Fsp3) is 0. The Kier molecular flexibility index (Phi) is 1.53. The van der Waals surface area contributed by atoms with Gasteiger partial charge in [-0.2, -0.15) is 5.10 Å². The van der Waals surface area contributed by atoms with Crippen molar-refractivity contribution in [1.29, 1.82) is 0 Å². The summed E-state index contributed by atoms with van der Waals surface area (Å²) >= 11 is 0. The van der Waals surface area contributed by atoms with Crippen molar-refractivity contribution >= 4 is 16.9 Å². The standard InChI is InChI=1S/C7H6N4O3/c8-6(13)3-5(12)4-2(1-9-11-4)10-7(3)14/h1H,(H2,8,13)(H,9,11)(H2,10,12,14). The number of nitrogens with one attached hydrogen (secondary N) is 2. The summed E-state index contributed by atoms with van der Waals surface area (Å²) in [5.74, 6) is -1.49. The van der Waals surface area contributed by atoms with Gasteiger partial charge in [-0.1, -0.05) is 0 Å². The Morgan fingerprint density at radius 2 is 2.29 bits per heavy atom. The van der Waals surface area contributed by atoms with Gasteiger partial charge in [0.15, 0.2) is 11.3 Å². The summed E-state index contributed by atoms with van der Waals surface area (Å²) in [6, 6.07) is 0. The first-order valence-electron chi connectivity index (χ1n) is 3.70. The Hall–Kier alpha value is -2.31. The summed E-state index contributed by atoms with van der Waals surface area (Å²) in [7, 11) is 0. The molecular weight excluding hydrogens is 188 g/mol. The number of aromatic hydroxyl groups is 1. The van der Waals surface area contributed by atoms with Crippen LogP contribution in [0.1, 0.15) is 10.4 Å². The maximum atomic E-state index is 11.2. The third kappa shape index (κ3) is 0.954. The molecule has 0 saturated heterocycles. The van der Waals surface area contributed by atoms with E-state index in [4.69, 9.17) is 5.73 Å². The van der Waals surface area contributed by atoms with Crippen LogP contribution < -0.4 is 11.3 Å². The van der Waals surface area contributed by atoms with Gasteiger partial charge in [-0.3, -0.25) is 14.7 Å². The van der Waals surface area contributed by atoms with Gasteiger partial charge in [0.1, 0.15) is 5.56 Å². The molecule has 2 aromatic rings. The van der Waals surface area contributed by atoms with Crippen molar-refractivity contribution in [2.45, 2.75) is 0 Å². The number of fused-ring (bicyclic) bond motifs is 1. The molecular formula is C7H6N4O3. The Morgan fingerprint density at radius 3 is 2.93 bits per heavy atom. The van der Waals surface area contributed by atoms with E-state index in [2.05, 4.69) is 15.2 Å². The highest BCUT2D eigenvalue weighted by atomic mass is 16.3. The SMILES string of the molecule is NC(=O)c1c(O)c2n[nH]cc2[nH]c1=O. The predicted octanol–water partition coefficient (Wildman–Crippen LogP) is -0.944. The zero-order chi connectivity index (χ0) is 10.3. The minimum Gasteiger partial charge on any atom is -0.505 e. The fourth-order valence-corrected chi connectivity index (χ4v) is 1.21. The minimum atomic E-state index is -0.992. The quantitative estimate of drug-likeness (QED) is 0.467. The second kappa shape index (κ2) is 2.59. The normalized spacial score (nSPS) is 10.6. The lowest BCUT2D eigenvalue weighted by Gasteiger charge is -1.98. The molecule has 5 N–H and O–H groups in total. The van der Waals surface area contributed by atoms with Crippen molar-refractivity contribution in [3.63, 3.8) is 0 Å². The van der Waals surface area contributed by atoms with E-state index in [0.29, 0.717) is 5.52 Å². The van der Waals surface area contributed by atoms with E-state index < -0.39 is 22.8 Å². The minimum absolute atomic E-state index is 0.110. The molecule has 2 rings (SSSR count). The number of amides is 1. The van der Waals surface area contributed by atoms with Gasteiger partial charge in [0.2, 0.25) is 0 Å². The highest BCUT2D eigenvalue weighted by Gasteiger charge is 2.17. The zero-order valence-corrected chi connectivity index (χ0v) is 6.87. The van der Waals surface area contributed by atoms with Gasteiger partial charge < -0.3 is 15.8 Å². The van der Waals surface area contributed by atoms with Crippen molar-refractivity contribution < 1.29 is 9.90 Å². The van der Waals surface area contributed by atoms with Crippen LogP contribution in [-0.2, 0) is 0 Å². The molecule has 0 aliphatic carbocycles. The van der Waals surface area contributed by atoms with E-state index in [-0.39, 0.29) is 5.52 Å². The number of nitrogens with zero attached hydrogens (tertiary/aromatic N) is 1. The van der Waals surface area contributed by atoms with Crippen LogP contribution in [0.5, 0.6) is 5.75 Å². The molecule has 1 amide bonds. The Bertz CT molecular complexity index is 568. The second-order valence-corrected chi connectivity index (χ2v) is 2.69. The Labute approximate surface area is 76.6 Å². The van der Waals surface area contributed by atoms with Gasteiger partial charge in [0.25, 0.3) is 11.5 Å². The molecule has 0 radical (unpaired) electrons. The summed E-state index contributed by atoms with van der Waals surface area (Å²) in [6.07, 6.45) is 1.39. The molecule has 7 heteroatoms. The first-order valence-corrected chi connectivity index (χ1v) is 3.70. The van der Waals surface area contributed by atoms with Crippen LogP contribution in [0.2, 0.25) is 0 Å². The van der Waals surface area contributed by atoms with Gasteiger partial charge in [-0.15, -0.1) is 0 Å². The average Bonchev–Trinajstić information content (AvgIpc) is 2.50. The predicted molar refractivity (Wildman–Crippen MR) is 46.9 cm³/mol. The van der Waals surface area contributed by atoms with E-state index >= 15 is 0 Å². The van der Waals surface area contributed by atoms with Crippen molar-refractivity contribution in [2.24, 2.45) is 5.73 Å². The van der Waals surface area contributed by atoms with Gasteiger partial charge >= 0.3 is 0 Å². The lowest BCUT2D eigenvalue weighted by atomic mass is 10.2. The van der Waals surface area contributed by atoms with Gasteiger partial charge in [0.05, 0.1) is 5.52 Å². The number of nitrogens with two attached hydrogens (primary N) is 1. The number of carbonyl (C=O) groups is 1. The number of aromatic nitrogens is 3. The number of hydrogen-bond donors (Lipinski definition) is 4. The Morgan fingerprint density at radius 1 is 1.57 bits per heavy atom. The van der Waals surface area contributed by atoms with E-state index in [1.54, 1.807) is 0 Å². The van der Waals surface area contributed by atoms with Crippen molar-refractivity contribution in [3.8, 4) is 5.75 Å². The van der Waals surface area contributed by atoms with E-state index in [1.807, 2.05) is 0 Å². The molecule has 0 atom stereocenters. The largest absolute Gasteiger partial charge is 0.505 e. The third-order valence-corrected chi connectivity index (χ3v) is 1.82. The van der Waals surface area contributed by atoms with Crippen LogP contribution >= 0.6 is 0 Å². The van der Waals surface area contributed by atoms with Crippen molar-refractivity contribution in [1.82, 2.24) is 15.2 Å². The van der Waals surface area contributed by atoms with E-state index in [9.17, 15) is 14.7 Å². The molecule has 0 unspecified atom stereocenters. The van der Waals surface area contributed by atoms with Crippen LogP contribution in [0.3, 0.4) is 0 Å². The van der Waals surface area contributed by atoms with Crippen LogP contribution in [0.25, 0.3) is 11.0 Å². The van der Waals surface area contributed by atoms with Crippen LogP contribution in [0.15, 0.2) is 11.0 Å². The molecule has 0 spiro atoms. The lowest BCUT2D eigenvalue weighted by molar-refractivity contribution is 0.0996. The average molecular weight is 194 g/mol. The van der Waals surface area contributed by atoms with Crippen LogP contribution in [-0.4, -0.2) is 26.2 Å². The number of aromatic amines is 2. The van der Waals surface area contributed by atoms with Gasteiger partial charge in [0, 0.05) is 6.20 Å². The Balaban J connectivity index is 2.96. The summed E-state index contributed by atoms with van der Waals surface area (Å²) in [5.41, 5.74) is 4.13. The maximum absolute atomic E-state index is 11.2. The number of hydrogen-bond acceptors (Lipinski definition) is 4. The van der Waals surface area contributed by atoms with Crippen LogP contribution in [0, 0.1) is 0 Å². The first-order chi connectivity index (χ1) is 6.61. The van der Waals surface area contributed by atoms with Crippen molar-refractivity contribution in [2.75, 3.05) is 0 Å². The van der Waals surface area contributed by atoms with E-state index in [1.165, 1.54) is 6.20 Å². The van der Waals surface area contributed by atoms with E-state index in [0.717, 1.165) is 0 Å². The zero-order valence-electron chi connectivity index (χ0n) is 6.87. The number of primary amides is 1. The molecule has 0 bridgehead atoms. The lowest BCUT2D eigenvalue weighted by Crippen LogP contribution is -2.23. The molecule has 72 valence electrons. The molecule has 0 saturated carbocycles. The summed E-state index contributed by atoms with van der Waals surface area (Å²) in [4.78, 5) is 24.4. The number of H-pyrrole nitrogens is 2. The molecule has 0 fully saturated rings.